The van der Waals surface area contributed by atoms with Crippen molar-refractivity contribution in [3.63, 3.8) is 0 Å². The van der Waals surface area contributed by atoms with E-state index in [9.17, 15) is 8.42 Å². The van der Waals surface area contributed by atoms with Crippen LogP contribution in [0.5, 0.6) is 0 Å². The third kappa shape index (κ3) is 3.01. The molecule has 0 aliphatic carbocycles. The van der Waals surface area contributed by atoms with Crippen LogP contribution >= 0.6 is 0 Å². The number of benzene rings is 2. The van der Waals surface area contributed by atoms with Gasteiger partial charge in [0, 0.05) is 22.8 Å². The molecule has 0 saturated carbocycles. The standard InChI is InChI=1S/C19H17N3O2S/c1-13-9-15-6-4-8-18(19(15)20-11-13)25(23,24)21-12-16-10-14-5-2-3-7-17(14)22-16/h2-11,21-22H,12H2,1H3. The number of aryl methyl sites for hydroxylation is 1. The summed E-state index contributed by atoms with van der Waals surface area (Å²) >= 11 is 0. The van der Waals surface area contributed by atoms with Crippen LogP contribution in [-0.4, -0.2) is 18.4 Å². The van der Waals surface area contributed by atoms with E-state index in [-0.39, 0.29) is 11.4 Å². The molecule has 0 atom stereocenters. The number of para-hydroxylation sites is 2. The van der Waals surface area contributed by atoms with Gasteiger partial charge in [-0.15, -0.1) is 0 Å². The van der Waals surface area contributed by atoms with Crippen LogP contribution in [0.1, 0.15) is 11.3 Å². The summed E-state index contributed by atoms with van der Waals surface area (Å²) in [5.41, 5.74) is 3.28. The maximum Gasteiger partial charge on any atom is 0.243 e. The molecular formula is C19H17N3O2S. The van der Waals surface area contributed by atoms with Crippen LogP contribution in [0.3, 0.4) is 0 Å². The molecule has 0 aliphatic heterocycles. The van der Waals surface area contributed by atoms with Crippen molar-refractivity contribution in [2.75, 3.05) is 0 Å². The Morgan fingerprint density at radius 3 is 2.68 bits per heavy atom. The minimum atomic E-state index is -3.67. The Balaban J connectivity index is 1.65. The molecule has 5 nitrogen and oxygen atoms in total. The highest BCUT2D eigenvalue weighted by Crippen LogP contribution is 2.22. The van der Waals surface area contributed by atoms with Gasteiger partial charge in [-0.1, -0.05) is 30.3 Å². The van der Waals surface area contributed by atoms with Gasteiger partial charge in [-0.2, -0.15) is 0 Å². The third-order valence-electron chi connectivity index (χ3n) is 4.14. The summed E-state index contributed by atoms with van der Waals surface area (Å²) in [4.78, 5) is 7.73. The summed E-state index contributed by atoms with van der Waals surface area (Å²) in [6, 6.07) is 16.9. The number of nitrogens with zero attached hydrogens (tertiary/aromatic N) is 1. The summed E-state index contributed by atoms with van der Waals surface area (Å²) in [5, 5.41) is 1.87. The number of pyridine rings is 1. The smallest absolute Gasteiger partial charge is 0.243 e. The van der Waals surface area contributed by atoms with Gasteiger partial charge < -0.3 is 4.98 Å². The fourth-order valence-corrected chi connectivity index (χ4v) is 4.12. The van der Waals surface area contributed by atoms with Gasteiger partial charge in [0.2, 0.25) is 10.0 Å². The molecule has 2 aromatic heterocycles. The van der Waals surface area contributed by atoms with E-state index in [1.54, 1.807) is 18.3 Å². The normalized spacial score (nSPS) is 12.0. The van der Waals surface area contributed by atoms with E-state index in [1.807, 2.05) is 49.4 Å². The zero-order chi connectivity index (χ0) is 17.4. The number of fused-ring (bicyclic) bond motifs is 2. The second-order valence-corrected chi connectivity index (χ2v) is 7.78. The molecule has 2 heterocycles. The summed E-state index contributed by atoms with van der Waals surface area (Å²) in [7, 11) is -3.67. The SMILES string of the molecule is Cc1cnc2c(S(=O)(=O)NCc3cc4ccccc4[nH]3)cccc2c1. The lowest BCUT2D eigenvalue weighted by molar-refractivity contribution is 0.581. The molecule has 0 radical (unpaired) electrons. The highest BCUT2D eigenvalue weighted by molar-refractivity contribution is 7.89. The maximum atomic E-state index is 12.8. The van der Waals surface area contributed by atoms with Crippen molar-refractivity contribution in [2.45, 2.75) is 18.4 Å². The van der Waals surface area contributed by atoms with Crippen LogP contribution < -0.4 is 4.72 Å². The second kappa shape index (κ2) is 5.98. The Morgan fingerprint density at radius 1 is 1.04 bits per heavy atom. The second-order valence-electron chi connectivity index (χ2n) is 6.05. The summed E-state index contributed by atoms with van der Waals surface area (Å²) < 4.78 is 28.2. The van der Waals surface area contributed by atoms with Gasteiger partial charge in [-0.05, 0) is 42.1 Å². The summed E-state index contributed by atoms with van der Waals surface area (Å²) in [5.74, 6) is 0. The van der Waals surface area contributed by atoms with Gasteiger partial charge in [0.25, 0.3) is 0 Å². The number of hydrogen-bond donors (Lipinski definition) is 2. The number of rotatable bonds is 4. The first kappa shape index (κ1) is 15.8. The molecular weight excluding hydrogens is 334 g/mol. The lowest BCUT2D eigenvalue weighted by atomic mass is 10.2. The molecule has 2 N–H and O–H groups in total. The largest absolute Gasteiger partial charge is 0.357 e. The number of sulfonamides is 1. The minimum absolute atomic E-state index is 0.194. The molecule has 0 unspecified atom stereocenters. The number of aromatic amines is 1. The van der Waals surface area contributed by atoms with Gasteiger partial charge in [0.05, 0.1) is 12.1 Å². The first-order chi connectivity index (χ1) is 12.0. The lowest BCUT2D eigenvalue weighted by Gasteiger charge is -2.09. The zero-order valence-corrected chi connectivity index (χ0v) is 14.5. The van der Waals surface area contributed by atoms with Crippen molar-refractivity contribution in [1.29, 1.82) is 0 Å². The Labute approximate surface area is 145 Å². The van der Waals surface area contributed by atoms with Crippen molar-refractivity contribution < 1.29 is 8.42 Å². The first-order valence-corrected chi connectivity index (χ1v) is 9.43. The zero-order valence-electron chi connectivity index (χ0n) is 13.7. The van der Waals surface area contributed by atoms with Gasteiger partial charge >= 0.3 is 0 Å². The molecule has 4 rings (SSSR count). The number of aromatic nitrogens is 2. The quantitative estimate of drug-likeness (QED) is 0.591. The van der Waals surface area contributed by atoms with Gasteiger partial charge in [0.15, 0.2) is 0 Å². The Bertz CT molecular complexity index is 1150. The average Bonchev–Trinajstić information content (AvgIpc) is 3.02. The molecule has 0 amide bonds. The topological polar surface area (TPSA) is 74.8 Å². The molecule has 0 fully saturated rings. The number of hydrogen-bond acceptors (Lipinski definition) is 3. The highest BCUT2D eigenvalue weighted by Gasteiger charge is 2.18. The predicted molar refractivity (Wildman–Crippen MR) is 98.8 cm³/mol. The van der Waals surface area contributed by atoms with E-state index in [0.29, 0.717) is 5.52 Å². The number of H-pyrrole nitrogens is 1. The van der Waals surface area contributed by atoms with Crippen molar-refractivity contribution >= 4 is 31.8 Å². The van der Waals surface area contributed by atoms with Crippen LogP contribution in [0.25, 0.3) is 21.8 Å². The van der Waals surface area contributed by atoms with Gasteiger partial charge in [0.1, 0.15) is 4.90 Å². The van der Waals surface area contributed by atoms with Crippen LogP contribution in [0.4, 0.5) is 0 Å². The Kier molecular flexibility index (Phi) is 3.78. The maximum absolute atomic E-state index is 12.8. The van der Waals surface area contributed by atoms with E-state index in [2.05, 4.69) is 14.7 Å². The van der Waals surface area contributed by atoms with Crippen LogP contribution in [0, 0.1) is 6.92 Å². The average molecular weight is 351 g/mol. The van der Waals surface area contributed by atoms with Crippen LogP contribution in [0.2, 0.25) is 0 Å². The molecule has 25 heavy (non-hydrogen) atoms. The molecule has 6 heteroatoms. The fraction of sp³-hybridized carbons (Fsp3) is 0.105. The fourth-order valence-electron chi connectivity index (χ4n) is 2.94. The van der Waals surface area contributed by atoms with Gasteiger partial charge in [-0.3, -0.25) is 4.98 Å². The molecule has 0 saturated heterocycles. The van der Waals surface area contributed by atoms with E-state index < -0.39 is 10.0 Å². The van der Waals surface area contributed by atoms with Crippen LogP contribution in [-0.2, 0) is 16.6 Å². The molecule has 0 aliphatic rings. The first-order valence-electron chi connectivity index (χ1n) is 7.95. The van der Waals surface area contributed by atoms with E-state index in [1.165, 1.54) is 0 Å². The molecule has 4 aromatic rings. The van der Waals surface area contributed by atoms with Crippen molar-refractivity contribution in [1.82, 2.24) is 14.7 Å². The molecule has 0 bridgehead atoms. The minimum Gasteiger partial charge on any atom is -0.357 e. The van der Waals surface area contributed by atoms with E-state index in [0.717, 1.165) is 27.5 Å². The lowest BCUT2D eigenvalue weighted by Crippen LogP contribution is -2.23. The van der Waals surface area contributed by atoms with Crippen molar-refractivity contribution in [3.8, 4) is 0 Å². The predicted octanol–water partition coefficient (Wildman–Crippen LogP) is 3.50. The monoisotopic (exact) mass is 351 g/mol. The van der Waals surface area contributed by atoms with E-state index >= 15 is 0 Å². The summed E-state index contributed by atoms with van der Waals surface area (Å²) in [6.45, 7) is 2.13. The Hall–Kier alpha value is -2.70. The Morgan fingerprint density at radius 2 is 1.84 bits per heavy atom. The molecule has 0 spiro atoms. The van der Waals surface area contributed by atoms with E-state index in [4.69, 9.17) is 0 Å². The van der Waals surface area contributed by atoms with Crippen molar-refractivity contribution in [2.24, 2.45) is 0 Å². The van der Waals surface area contributed by atoms with Crippen molar-refractivity contribution in [3.05, 3.63) is 72.1 Å². The van der Waals surface area contributed by atoms with Gasteiger partial charge in [-0.25, -0.2) is 13.1 Å². The molecule has 2 aromatic carbocycles. The number of nitrogens with one attached hydrogen (secondary N) is 2. The van der Waals surface area contributed by atoms with Crippen LogP contribution in [0.15, 0.2) is 65.7 Å². The third-order valence-corrected chi connectivity index (χ3v) is 5.57. The highest BCUT2D eigenvalue weighted by atomic mass is 32.2. The molecule has 126 valence electrons. The summed E-state index contributed by atoms with van der Waals surface area (Å²) in [6.07, 6.45) is 1.68.